The lowest BCUT2D eigenvalue weighted by Gasteiger charge is -2.12. The lowest BCUT2D eigenvalue weighted by molar-refractivity contribution is 0.0518. The van der Waals surface area contributed by atoms with E-state index in [2.05, 4.69) is 26.3 Å². The molecular weight excluding hydrogens is 430 g/mol. The van der Waals surface area contributed by atoms with Crippen molar-refractivity contribution in [3.63, 3.8) is 0 Å². The van der Waals surface area contributed by atoms with Gasteiger partial charge in [-0.25, -0.2) is 4.79 Å². The van der Waals surface area contributed by atoms with Crippen LogP contribution >= 0.6 is 15.9 Å². The molecule has 9 heteroatoms. The molecule has 144 valence electrons. The van der Waals surface area contributed by atoms with Gasteiger partial charge in [0.15, 0.2) is 16.1 Å². The number of hydrogen-bond acceptors (Lipinski definition) is 6. The molecule has 1 N–H and O–H groups in total. The second-order valence-corrected chi connectivity index (χ2v) is 6.55. The van der Waals surface area contributed by atoms with Crippen molar-refractivity contribution in [3.05, 3.63) is 74.5 Å². The molecule has 3 aromatic rings. The molecule has 0 aliphatic rings. The van der Waals surface area contributed by atoms with E-state index in [1.807, 2.05) is 19.1 Å². The normalized spacial score (nSPS) is 10.5. The monoisotopic (exact) mass is 445 g/mol. The Hall–Kier alpha value is -3.20. The van der Waals surface area contributed by atoms with Crippen molar-refractivity contribution >= 4 is 33.5 Å². The standard InChI is InChI=1S/C19H16BrN3O5/c1-3-27-19(26)17-13(21-18(25)14-8-9-15(20)28-14)10-16(24)23(22-17)12-6-4-11(2)5-7-12/h4-10H,3H2,1-2H3,(H,21,25). The van der Waals surface area contributed by atoms with Gasteiger partial charge in [0.1, 0.15) is 0 Å². The number of rotatable bonds is 5. The molecule has 0 saturated carbocycles. The number of esters is 1. The summed E-state index contributed by atoms with van der Waals surface area (Å²) in [6.45, 7) is 3.67. The Morgan fingerprint density at radius 3 is 2.54 bits per heavy atom. The maximum absolute atomic E-state index is 12.5. The van der Waals surface area contributed by atoms with Gasteiger partial charge in [-0.15, -0.1) is 0 Å². The van der Waals surface area contributed by atoms with Gasteiger partial charge in [-0.2, -0.15) is 9.78 Å². The van der Waals surface area contributed by atoms with E-state index in [9.17, 15) is 14.4 Å². The summed E-state index contributed by atoms with van der Waals surface area (Å²) < 4.78 is 11.6. The Bertz CT molecular complexity index is 1090. The number of carbonyl (C=O) groups excluding carboxylic acids is 2. The van der Waals surface area contributed by atoms with E-state index in [0.29, 0.717) is 10.4 Å². The molecule has 1 amide bonds. The van der Waals surface area contributed by atoms with Gasteiger partial charge in [0, 0.05) is 6.07 Å². The van der Waals surface area contributed by atoms with Gasteiger partial charge in [0.25, 0.3) is 11.5 Å². The highest BCUT2D eigenvalue weighted by Crippen LogP contribution is 2.18. The van der Waals surface area contributed by atoms with Crippen LogP contribution in [0.4, 0.5) is 5.69 Å². The third-order valence-corrected chi connectivity index (χ3v) is 4.15. The summed E-state index contributed by atoms with van der Waals surface area (Å²) in [6.07, 6.45) is 0. The summed E-state index contributed by atoms with van der Waals surface area (Å²) in [7, 11) is 0. The highest BCUT2D eigenvalue weighted by atomic mass is 79.9. The van der Waals surface area contributed by atoms with Crippen molar-refractivity contribution in [3.8, 4) is 5.69 Å². The summed E-state index contributed by atoms with van der Waals surface area (Å²) in [5, 5.41) is 6.60. The van der Waals surface area contributed by atoms with E-state index in [4.69, 9.17) is 9.15 Å². The molecule has 2 heterocycles. The van der Waals surface area contributed by atoms with Crippen LogP contribution in [-0.2, 0) is 4.74 Å². The molecular formula is C19H16BrN3O5. The van der Waals surface area contributed by atoms with Crippen LogP contribution in [-0.4, -0.2) is 28.3 Å². The Labute approximate surface area is 168 Å². The van der Waals surface area contributed by atoms with Crippen molar-refractivity contribution in [2.24, 2.45) is 0 Å². The lowest BCUT2D eigenvalue weighted by Crippen LogP contribution is -2.27. The van der Waals surface area contributed by atoms with Crippen LogP contribution < -0.4 is 10.9 Å². The molecule has 0 fully saturated rings. The maximum atomic E-state index is 12.5. The van der Waals surface area contributed by atoms with Crippen molar-refractivity contribution < 1.29 is 18.7 Å². The smallest absolute Gasteiger partial charge is 0.360 e. The van der Waals surface area contributed by atoms with Crippen LogP contribution in [0.25, 0.3) is 5.69 Å². The third kappa shape index (κ3) is 4.20. The number of furan rings is 1. The maximum Gasteiger partial charge on any atom is 0.360 e. The zero-order valence-corrected chi connectivity index (χ0v) is 16.6. The minimum Gasteiger partial charge on any atom is -0.461 e. The molecule has 0 aliphatic carbocycles. The van der Waals surface area contributed by atoms with Gasteiger partial charge in [0.05, 0.1) is 18.0 Å². The molecule has 28 heavy (non-hydrogen) atoms. The van der Waals surface area contributed by atoms with E-state index < -0.39 is 17.4 Å². The van der Waals surface area contributed by atoms with Crippen LogP contribution in [0.2, 0.25) is 0 Å². The SMILES string of the molecule is CCOC(=O)c1nn(-c2ccc(C)cc2)c(=O)cc1NC(=O)c1ccc(Br)o1. The first kappa shape index (κ1) is 19.6. The molecule has 0 bridgehead atoms. The Balaban J connectivity index is 2.04. The number of anilines is 1. The molecule has 0 spiro atoms. The van der Waals surface area contributed by atoms with Gasteiger partial charge in [-0.3, -0.25) is 9.59 Å². The van der Waals surface area contributed by atoms with Crippen LogP contribution in [0.1, 0.15) is 33.5 Å². The highest BCUT2D eigenvalue weighted by Gasteiger charge is 2.21. The summed E-state index contributed by atoms with van der Waals surface area (Å²) in [5.74, 6) is -1.39. The molecule has 2 aromatic heterocycles. The summed E-state index contributed by atoms with van der Waals surface area (Å²) in [6, 6.07) is 11.2. The van der Waals surface area contributed by atoms with E-state index in [1.165, 1.54) is 6.07 Å². The molecule has 0 saturated heterocycles. The first-order valence-electron chi connectivity index (χ1n) is 8.34. The zero-order valence-electron chi connectivity index (χ0n) is 15.1. The van der Waals surface area contributed by atoms with Crippen LogP contribution in [0.5, 0.6) is 0 Å². The molecule has 3 rings (SSSR count). The fraction of sp³-hybridized carbons (Fsp3) is 0.158. The Kier molecular flexibility index (Phi) is 5.74. The largest absolute Gasteiger partial charge is 0.461 e. The number of aromatic nitrogens is 2. The number of benzene rings is 1. The number of hydrogen-bond donors (Lipinski definition) is 1. The van der Waals surface area contributed by atoms with Crippen molar-refractivity contribution in [1.82, 2.24) is 9.78 Å². The van der Waals surface area contributed by atoms with Crippen molar-refractivity contribution in [1.29, 1.82) is 0 Å². The number of halogens is 1. The predicted octanol–water partition coefficient (Wildman–Crippen LogP) is 3.33. The summed E-state index contributed by atoms with van der Waals surface area (Å²) in [4.78, 5) is 37.2. The van der Waals surface area contributed by atoms with Crippen LogP contribution in [0.3, 0.4) is 0 Å². The summed E-state index contributed by atoms with van der Waals surface area (Å²) >= 11 is 3.11. The number of ether oxygens (including phenoxy) is 1. The van der Waals surface area contributed by atoms with E-state index >= 15 is 0 Å². The average molecular weight is 446 g/mol. The topological polar surface area (TPSA) is 103 Å². The second kappa shape index (κ2) is 8.22. The fourth-order valence-corrected chi connectivity index (χ4v) is 2.70. The Morgan fingerprint density at radius 1 is 1.21 bits per heavy atom. The molecule has 0 atom stereocenters. The fourth-order valence-electron chi connectivity index (χ4n) is 2.39. The van der Waals surface area contributed by atoms with Gasteiger partial charge in [-0.05, 0) is 54.0 Å². The quantitative estimate of drug-likeness (QED) is 0.604. The van der Waals surface area contributed by atoms with Crippen molar-refractivity contribution in [2.45, 2.75) is 13.8 Å². The molecule has 8 nitrogen and oxygen atoms in total. The van der Waals surface area contributed by atoms with E-state index in [-0.39, 0.29) is 23.7 Å². The second-order valence-electron chi connectivity index (χ2n) is 5.77. The van der Waals surface area contributed by atoms with Crippen LogP contribution in [0, 0.1) is 6.92 Å². The predicted molar refractivity (Wildman–Crippen MR) is 105 cm³/mol. The zero-order chi connectivity index (χ0) is 20.3. The number of nitrogens with one attached hydrogen (secondary N) is 1. The number of amides is 1. The summed E-state index contributed by atoms with van der Waals surface area (Å²) in [5.41, 5.74) is 0.711. The first-order chi connectivity index (χ1) is 13.4. The van der Waals surface area contributed by atoms with Crippen LogP contribution in [0.15, 0.2) is 56.3 Å². The van der Waals surface area contributed by atoms with Gasteiger partial charge in [-0.1, -0.05) is 17.7 Å². The average Bonchev–Trinajstić information content (AvgIpc) is 3.09. The van der Waals surface area contributed by atoms with E-state index in [0.717, 1.165) is 16.3 Å². The minimum atomic E-state index is -0.765. The number of nitrogens with zero attached hydrogens (tertiary/aromatic N) is 2. The number of aryl methyl sites for hydroxylation is 1. The molecule has 0 radical (unpaired) electrons. The third-order valence-electron chi connectivity index (χ3n) is 3.72. The molecule has 1 aromatic carbocycles. The molecule has 0 aliphatic heterocycles. The van der Waals surface area contributed by atoms with E-state index in [1.54, 1.807) is 25.1 Å². The number of carbonyl (C=O) groups is 2. The van der Waals surface area contributed by atoms with Gasteiger partial charge >= 0.3 is 5.97 Å². The first-order valence-corrected chi connectivity index (χ1v) is 9.13. The minimum absolute atomic E-state index is 0.00407. The van der Waals surface area contributed by atoms with Crippen molar-refractivity contribution in [2.75, 3.05) is 11.9 Å². The molecule has 0 unspecified atom stereocenters. The lowest BCUT2D eigenvalue weighted by atomic mass is 10.2. The Morgan fingerprint density at radius 2 is 1.93 bits per heavy atom. The van der Waals surface area contributed by atoms with Gasteiger partial charge in [0.2, 0.25) is 0 Å². The van der Waals surface area contributed by atoms with Gasteiger partial charge < -0.3 is 14.5 Å². The highest BCUT2D eigenvalue weighted by molar-refractivity contribution is 9.10.